The first kappa shape index (κ1) is 14.6. The molecule has 0 fully saturated rings. The highest BCUT2D eigenvalue weighted by molar-refractivity contribution is 6.31. The van der Waals surface area contributed by atoms with Crippen molar-refractivity contribution in [2.24, 2.45) is 7.05 Å². The van der Waals surface area contributed by atoms with Crippen molar-refractivity contribution in [1.82, 2.24) is 9.78 Å². The molecule has 1 N–H and O–H groups in total. The van der Waals surface area contributed by atoms with Gasteiger partial charge in [0.15, 0.2) is 5.69 Å². The van der Waals surface area contributed by atoms with E-state index in [4.69, 9.17) is 16.7 Å². The van der Waals surface area contributed by atoms with Crippen LogP contribution in [-0.2, 0) is 7.05 Å². The predicted molar refractivity (Wildman–Crippen MR) is 79.3 cm³/mol. The molecule has 0 aliphatic heterocycles. The topological polar surface area (TPSA) is 55.1 Å². The van der Waals surface area contributed by atoms with Crippen molar-refractivity contribution in [2.75, 3.05) is 0 Å². The minimum Gasteiger partial charge on any atom is -0.476 e. The van der Waals surface area contributed by atoms with Crippen molar-refractivity contribution in [3.05, 3.63) is 40.5 Å². The van der Waals surface area contributed by atoms with Crippen molar-refractivity contribution >= 4 is 17.6 Å². The Bertz CT molecular complexity index is 649. The Balaban J connectivity index is 2.44. The summed E-state index contributed by atoms with van der Waals surface area (Å²) in [7, 11) is 1.72. The van der Waals surface area contributed by atoms with E-state index in [1.54, 1.807) is 17.8 Å². The summed E-state index contributed by atoms with van der Waals surface area (Å²) in [6.45, 7) is 4.25. The lowest BCUT2D eigenvalue weighted by atomic mass is 9.97. The second-order valence-electron chi connectivity index (χ2n) is 4.89. The Labute approximate surface area is 123 Å². The number of aromatic nitrogens is 2. The average molecular weight is 293 g/mol. The summed E-state index contributed by atoms with van der Waals surface area (Å²) in [5.74, 6) is -0.633. The van der Waals surface area contributed by atoms with Crippen molar-refractivity contribution in [2.45, 2.75) is 26.2 Å². The number of benzene rings is 1. The first-order valence-electron chi connectivity index (χ1n) is 6.51. The quantitative estimate of drug-likeness (QED) is 0.928. The summed E-state index contributed by atoms with van der Waals surface area (Å²) < 4.78 is 1.55. The molecule has 2 rings (SSSR count). The summed E-state index contributed by atoms with van der Waals surface area (Å²) >= 11 is 6.33. The second kappa shape index (κ2) is 5.67. The van der Waals surface area contributed by atoms with Crippen molar-refractivity contribution in [1.29, 1.82) is 0 Å². The van der Waals surface area contributed by atoms with Gasteiger partial charge in [-0.05, 0) is 30.0 Å². The van der Waals surface area contributed by atoms with Gasteiger partial charge < -0.3 is 5.11 Å². The number of nitrogens with zero attached hydrogens (tertiary/aromatic N) is 2. The minimum atomic E-state index is -1.03. The van der Waals surface area contributed by atoms with Gasteiger partial charge in [0.05, 0.1) is 5.69 Å². The molecule has 0 bridgehead atoms. The number of halogens is 1. The number of carboxylic acid groups (broad SMARTS) is 1. The van der Waals surface area contributed by atoms with E-state index in [0.29, 0.717) is 10.9 Å². The Morgan fingerprint density at radius 2 is 2.15 bits per heavy atom. The number of aromatic carboxylic acids is 1. The van der Waals surface area contributed by atoms with E-state index in [1.807, 2.05) is 18.2 Å². The lowest BCUT2D eigenvalue weighted by molar-refractivity contribution is 0.0689. The van der Waals surface area contributed by atoms with Gasteiger partial charge in [0, 0.05) is 17.6 Å². The van der Waals surface area contributed by atoms with Gasteiger partial charge in [0.25, 0.3) is 0 Å². The van der Waals surface area contributed by atoms with Gasteiger partial charge in [0.1, 0.15) is 0 Å². The van der Waals surface area contributed by atoms with Crippen LogP contribution in [0.4, 0.5) is 0 Å². The average Bonchev–Trinajstić information content (AvgIpc) is 2.80. The highest BCUT2D eigenvalue weighted by Crippen LogP contribution is 2.31. The molecule has 1 heterocycles. The molecule has 0 radical (unpaired) electrons. The van der Waals surface area contributed by atoms with E-state index in [-0.39, 0.29) is 5.69 Å². The number of carbonyl (C=O) groups is 1. The first-order valence-corrected chi connectivity index (χ1v) is 6.89. The van der Waals surface area contributed by atoms with Crippen LogP contribution in [0.1, 0.15) is 42.2 Å². The van der Waals surface area contributed by atoms with Crippen molar-refractivity contribution < 1.29 is 9.90 Å². The SMILES string of the molecule is CCC(C)c1ccc(-c2cc(C(=O)O)nn2C)cc1Cl. The maximum absolute atomic E-state index is 10.9. The Kier molecular flexibility index (Phi) is 4.14. The van der Waals surface area contributed by atoms with Gasteiger partial charge >= 0.3 is 5.97 Å². The lowest BCUT2D eigenvalue weighted by Gasteiger charge is -2.12. The largest absolute Gasteiger partial charge is 0.476 e. The highest BCUT2D eigenvalue weighted by atomic mass is 35.5. The normalized spacial score (nSPS) is 12.4. The third-order valence-electron chi connectivity index (χ3n) is 3.54. The molecule has 20 heavy (non-hydrogen) atoms. The van der Waals surface area contributed by atoms with Gasteiger partial charge in [-0.15, -0.1) is 0 Å². The zero-order chi connectivity index (χ0) is 14.9. The minimum absolute atomic E-state index is 0.0321. The summed E-state index contributed by atoms with van der Waals surface area (Å²) in [6, 6.07) is 7.37. The van der Waals surface area contributed by atoms with Crippen molar-refractivity contribution in [3.63, 3.8) is 0 Å². The van der Waals surface area contributed by atoms with Crippen LogP contribution < -0.4 is 0 Å². The van der Waals surface area contributed by atoms with Crippen LogP contribution in [0.15, 0.2) is 24.3 Å². The van der Waals surface area contributed by atoms with E-state index < -0.39 is 5.97 Å². The number of rotatable bonds is 4. The van der Waals surface area contributed by atoms with Crippen LogP contribution in [0.2, 0.25) is 5.02 Å². The zero-order valence-electron chi connectivity index (χ0n) is 11.7. The molecule has 0 saturated carbocycles. The van der Waals surface area contributed by atoms with Gasteiger partial charge in [-0.3, -0.25) is 4.68 Å². The van der Waals surface area contributed by atoms with E-state index in [1.165, 1.54) is 0 Å². The van der Waals surface area contributed by atoms with Crippen LogP contribution in [-0.4, -0.2) is 20.9 Å². The molecule has 1 atom stereocenters. The summed E-state index contributed by atoms with van der Waals surface area (Å²) in [5, 5.41) is 13.6. The van der Waals surface area contributed by atoms with E-state index >= 15 is 0 Å². The highest BCUT2D eigenvalue weighted by Gasteiger charge is 2.14. The Morgan fingerprint density at radius 1 is 1.45 bits per heavy atom. The number of aryl methyl sites for hydroxylation is 1. The molecule has 0 amide bonds. The fraction of sp³-hybridized carbons (Fsp3) is 0.333. The second-order valence-corrected chi connectivity index (χ2v) is 5.30. The van der Waals surface area contributed by atoms with Gasteiger partial charge in [-0.25, -0.2) is 4.79 Å². The van der Waals surface area contributed by atoms with E-state index in [0.717, 1.165) is 23.2 Å². The molecule has 2 aromatic rings. The standard InChI is InChI=1S/C15H17ClN2O2/c1-4-9(2)11-6-5-10(7-12(11)16)14-8-13(15(19)20)17-18(14)3/h5-9H,4H2,1-3H3,(H,19,20). The molecule has 5 heteroatoms. The zero-order valence-corrected chi connectivity index (χ0v) is 12.5. The molecule has 1 unspecified atom stereocenters. The van der Waals surface area contributed by atoms with Crippen LogP contribution >= 0.6 is 11.6 Å². The molecule has 0 saturated heterocycles. The maximum atomic E-state index is 10.9. The molecule has 0 aliphatic rings. The smallest absolute Gasteiger partial charge is 0.356 e. The van der Waals surface area contributed by atoms with Gasteiger partial charge in [-0.1, -0.05) is 37.6 Å². The van der Waals surface area contributed by atoms with Crippen LogP contribution in [0, 0.1) is 0 Å². The number of hydrogen-bond donors (Lipinski definition) is 1. The van der Waals surface area contributed by atoms with Crippen LogP contribution in [0.25, 0.3) is 11.3 Å². The van der Waals surface area contributed by atoms with E-state index in [2.05, 4.69) is 18.9 Å². The number of carboxylic acids is 1. The fourth-order valence-electron chi connectivity index (χ4n) is 2.15. The third-order valence-corrected chi connectivity index (χ3v) is 3.87. The first-order chi connectivity index (χ1) is 9.43. The molecule has 0 spiro atoms. The Hall–Kier alpha value is -1.81. The lowest BCUT2D eigenvalue weighted by Crippen LogP contribution is -1.99. The summed E-state index contributed by atoms with van der Waals surface area (Å²) in [5.41, 5.74) is 2.74. The van der Waals surface area contributed by atoms with Crippen LogP contribution in [0.5, 0.6) is 0 Å². The number of hydrogen-bond acceptors (Lipinski definition) is 2. The van der Waals surface area contributed by atoms with Crippen molar-refractivity contribution in [3.8, 4) is 11.3 Å². The third kappa shape index (κ3) is 2.70. The molecular formula is C15H17ClN2O2. The summed E-state index contributed by atoms with van der Waals surface area (Å²) in [6.07, 6.45) is 1.02. The molecular weight excluding hydrogens is 276 g/mol. The molecule has 0 aliphatic carbocycles. The monoisotopic (exact) mass is 292 g/mol. The summed E-state index contributed by atoms with van der Waals surface area (Å²) in [4.78, 5) is 10.9. The maximum Gasteiger partial charge on any atom is 0.356 e. The fourth-order valence-corrected chi connectivity index (χ4v) is 2.51. The molecule has 106 valence electrons. The molecule has 4 nitrogen and oxygen atoms in total. The van der Waals surface area contributed by atoms with Gasteiger partial charge in [-0.2, -0.15) is 5.10 Å². The predicted octanol–water partition coefficient (Wildman–Crippen LogP) is 3.95. The molecule has 1 aromatic carbocycles. The van der Waals surface area contributed by atoms with Gasteiger partial charge in [0.2, 0.25) is 0 Å². The van der Waals surface area contributed by atoms with Crippen LogP contribution in [0.3, 0.4) is 0 Å². The Morgan fingerprint density at radius 3 is 2.65 bits per heavy atom. The van der Waals surface area contributed by atoms with E-state index in [9.17, 15) is 4.79 Å². The molecule has 1 aromatic heterocycles.